The Bertz CT molecular complexity index is 1170. The van der Waals surface area contributed by atoms with Crippen molar-refractivity contribution in [3.63, 3.8) is 0 Å². The fourth-order valence-corrected chi connectivity index (χ4v) is 4.69. The molecule has 0 saturated heterocycles. The average Bonchev–Trinajstić information content (AvgIpc) is 2.80. The number of nitrogens with zero attached hydrogens (tertiary/aromatic N) is 4. The number of hydrogen-bond donors (Lipinski definition) is 0. The molecule has 0 bridgehead atoms. The van der Waals surface area contributed by atoms with Gasteiger partial charge >= 0.3 is 18.4 Å². The summed E-state index contributed by atoms with van der Waals surface area (Å²) in [5.74, 6) is 0. The van der Waals surface area contributed by atoms with E-state index in [4.69, 9.17) is 4.74 Å². The van der Waals surface area contributed by atoms with Crippen molar-refractivity contribution in [2.75, 3.05) is 11.5 Å². The summed E-state index contributed by atoms with van der Waals surface area (Å²) < 4.78 is 85.5. The molecule has 2 heterocycles. The fourth-order valence-electron chi connectivity index (χ4n) is 4.69. The van der Waals surface area contributed by atoms with Crippen molar-refractivity contribution >= 4 is 11.8 Å². The molecule has 1 aromatic heterocycles. The molecule has 1 aliphatic rings. The maximum Gasteiger partial charge on any atom is 0.416 e. The number of carbonyl (C=O) groups is 1. The molecule has 0 fully saturated rings. The van der Waals surface area contributed by atoms with Gasteiger partial charge in [-0.15, -0.1) is 0 Å². The molecule has 1 aliphatic heterocycles. The number of fused-ring (bicyclic) bond motifs is 1. The highest BCUT2D eigenvalue weighted by Crippen LogP contribution is 2.44. The van der Waals surface area contributed by atoms with Gasteiger partial charge in [-0.1, -0.05) is 6.92 Å². The number of halogens is 6. The number of pyridine rings is 1. The zero-order valence-corrected chi connectivity index (χ0v) is 20.7. The number of anilines is 1. The van der Waals surface area contributed by atoms with Crippen LogP contribution in [0.3, 0.4) is 0 Å². The van der Waals surface area contributed by atoms with E-state index in [9.17, 15) is 36.4 Å². The number of benzene rings is 1. The van der Waals surface area contributed by atoms with Crippen LogP contribution < -0.4 is 4.90 Å². The standard InChI is InChI=1S/C25H26F6N4O2/c1-5-19-11-21(20-7-14(3)33-15(4)22(20)35(19)23(36)37-6-2)34(13-32)12-16-8-17(24(26,27)28)10-18(9-16)25(29,30)31/h7-10,19,21H,5-6,11-12H2,1-4H3. The largest absolute Gasteiger partial charge is 0.449 e. The zero-order valence-electron chi connectivity index (χ0n) is 20.7. The van der Waals surface area contributed by atoms with Crippen molar-refractivity contribution in [1.29, 1.82) is 5.26 Å². The smallest absolute Gasteiger partial charge is 0.416 e. The minimum atomic E-state index is -5.00. The Kier molecular flexibility index (Phi) is 7.95. The van der Waals surface area contributed by atoms with E-state index in [1.165, 1.54) is 4.90 Å². The van der Waals surface area contributed by atoms with Crippen molar-refractivity contribution in [3.8, 4) is 6.19 Å². The summed E-state index contributed by atoms with van der Waals surface area (Å²) in [7, 11) is 0. The zero-order chi connectivity index (χ0) is 27.7. The Labute approximate surface area is 210 Å². The van der Waals surface area contributed by atoms with Crippen molar-refractivity contribution in [1.82, 2.24) is 9.88 Å². The van der Waals surface area contributed by atoms with Gasteiger partial charge in [0.05, 0.1) is 41.7 Å². The molecule has 12 heteroatoms. The Balaban J connectivity index is 2.12. The SMILES string of the molecule is CCOC(=O)N1c2c(cc(C)nc2C)C(N(C#N)Cc2cc(C(F)(F)F)cc(C(F)(F)F)c2)CC1CC. The van der Waals surface area contributed by atoms with Crippen LogP contribution in [0.25, 0.3) is 0 Å². The molecule has 0 radical (unpaired) electrons. The molecule has 0 saturated carbocycles. The molecular formula is C25H26F6N4O2. The van der Waals surface area contributed by atoms with Gasteiger partial charge in [0.1, 0.15) is 0 Å². The molecule has 2 aromatic rings. The van der Waals surface area contributed by atoms with E-state index in [1.54, 1.807) is 26.8 Å². The third-order valence-electron chi connectivity index (χ3n) is 6.23. The predicted molar refractivity (Wildman–Crippen MR) is 122 cm³/mol. The first-order valence-electron chi connectivity index (χ1n) is 11.6. The number of aryl methyl sites for hydroxylation is 2. The van der Waals surface area contributed by atoms with Crippen LogP contribution in [-0.2, 0) is 23.6 Å². The van der Waals surface area contributed by atoms with Crippen molar-refractivity contribution in [2.24, 2.45) is 0 Å². The topological polar surface area (TPSA) is 69.5 Å². The van der Waals surface area contributed by atoms with Gasteiger partial charge in [-0.05, 0) is 63.4 Å². The van der Waals surface area contributed by atoms with E-state index in [0.29, 0.717) is 41.2 Å². The lowest BCUT2D eigenvalue weighted by molar-refractivity contribution is -0.143. The highest BCUT2D eigenvalue weighted by molar-refractivity contribution is 5.91. The number of alkyl halides is 6. The van der Waals surface area contributed by atoms with Crippen LogP contribution in [-0.4, -0.2) is 28.6 Å². The normalized spacial score (nSPS) is 17.7. The lowest BCUT2D eigenvalue weighted by Crippen LogP contribution is -2.47. The number of rotatable bonds is 5. The molecule has 2 atom stereocenters. The lowest BCUT2D eigenvalue weighted by Gasteiger charge is -2.43. The van der Waals surface area contributed by atoms with Gasteiger partial charge < -0.3 is 4.74 Å². The van der Waals surface area contributed by atoms with E-state index in [0.717, 1.165) is 4.90 Å². The summed E-state index contributed by atoms with van der Waals surface area (Å²) in [6.07, 6.45) is -7.98. The highest BCUT2D eigenvalue weighted by Gasteiger charge is 2.41. The van der Waals surface area contributed by atoms with Crippen molar-refractivity contribution < 1.29 is 35.9 Å². The number of amides is 1. The molecule has 37 heavy (non-hydrogen) atoms. The van der Waals surface area contributed by atoms with E-state index >= 15 is 0 Å². The van der Waals surface area contributed by atoms with Crippen LogP contribution >= 0.6 is 0 Å². The predicted octanol–water partition coefficient (Wildman–Crippen LogP) is 6.91. The van der Waals surface area contributed by atoms with Gasteiger partial charge in [-0.25, -0.2) is 4.79 Å². The van der Waals surface area contributed by atoms with Gasteiger partial charge in [0.25, 0.3) is 0 Å². The monoisotopic (exact) mass is 528 g/mol. The third kappa shape index (κ3) is 5.92. The summed E-state index contributed by atoms with van der Waals surface area (Å²) in [4.78, 5) is 19.9. The second kappa shape index (κ2) is 10.5. The molecule has 0 aliphatic carbocycles. The summed E-state index contributed by atoms with van der Waals surface area (Å²) in [5, 5.41) is 9.99. The van der Waals surface area contributed by atoms with E-state index in [1.807, 2.05) is 13.1 Å². The minimum Gasteiger partial charge on any atom is -0.449 e. The first kappa shape index (κ1) is 28.1. The third-order valence-corrected chi connectivity index (χ3v) is 6.23. The van der Waals surface area contributed by atoms with Gasteiger partial charge in [0.2, 0.25) is 0 Å². The molecular weight excluding hydrogens is 502 g/mol. The summed E-state index contributed by atoms with van der Waals surface area (Å²) in [6.45, 7) is 6.52. The molecule has 1 aromatic carbocycles. The van der Waals surface area contributed by atoms with E-state index < -0.39 is 48.2 Å². The highest BCUT2D eigenvalue weighted by atomic mass is 19.4. The quantitative estimate of drug-likeness (QED) is 0.240. The molecule has 3 rings (SSSR count). The van der Waals surface area contributed by atoms with Gasteiger partial charge in [0, 0.05) is 17.3 Å². The van der Waals surface area contributed by atoms with E-state index in [2.05, 4.69) is 4.98 Å². The summed E-state index contributed by atoms with van der Waals surface area (Å²) in [6, 6.07) is 1.80. The Morgan fingerprint density at radius 1 is 1.11 bits per heavy atom. The number of nitriles is 1. The Morgan fingerprint density at radius 2 is 1.70 bits per heavy atom. The van der Waals surface area contributed by atoms with Crippen molar-refractivity contribution in [3.05, 3.63) is 57.9 Å². The number of aromatic nitrogens is 1. The molecule has 0 spiro atoms. The molecule has 6 nitrogen and oxygen atoms in total. The van der Waals surface area contributed by atoms with Gasteiger partial charge in [-0.3, -0.25) is 14.8 Å². The summed E-state index contributed by atoms with van der Waals surface area (Å²) >= 11 is 0. The molecule has 1 amide bonds. The van der Waals surface area contributed by atoms with Gasteiger partial charge in [0.15, 0.2) is 6.19 Å². The number of ether oxygens (including phenoxy) is 1. The van der Waals surface area contributed by atoms with Crippen LogP contribution in [0.15, 0.2) is 24.3 Å². The molecule has 0 N–H and O–H groups in total. The minimum absolute atomic E-state index is 0.0544. The Morgan fingerprint density at radius 3 is 2.19 bits per heavy atom. The fraction of sp³-hybridized carbons (Fsp3) is 0.480. The number of hydrogen-bond acceptors (Lipinski definition) is 5. The number of carbonyl (C=O) groups excluding carboxylic acids is 1. The van der Waals surface area contributed by atoms with E-state index in [-0.39, 0.29) is 24.7 Å². The second-order valence-electron chi connectivity index (χ2n) is 8.81. The summed E-state index contributed by atoms with van der Waals surface area (Å²) in [5.41, 5.74) is -1.20. The van der Waals surface area contributed by atoms with Crippen LogP contribution in [0.4, 0.5) is 36.8 Å². The van der Waals surface area contributed by atoms with Gasteiger partial charge in [-0.2, -0.15) is 31.6 Å². The maximum atomic E-state index is 13.4. The lowest BCUT2D eigenvalue weighted by atomic mass is 9.88. The molecule has 2 unspecified atom stereocenters. The van der Waals surface area contributed by atoms with Crippen molar-refractivity contribution in [2.45, 2.75) is 71.5 Å². The maximum absolute atomic E-state index is 13.4. The van der Waals surface area contributed by atoms with Crippen LogP contribution in [0.1, 0.15) is 66.4 Å². The Hall–Kier alpha value is -3.49. The van der Waals surface area contributed by atoms with Crippen LogP contribution in [0, 0.1) is 25.3 Å². The van der Waals surface area contributed by atoms with Crippen LogP contribution in [0.2, 0.25) is 0 Å². The first-order valence-corrected chi connectivity index (χ1v) is 11.6. The second-order valence-corrected chi connectivity index (χ2v) is 8.81. The first-order chi connectivity index (χ1) is 17.2. The van der Waals surface area contributed by atoms with Crippen LogP contribution in [0.5, 0.6) is 0 Å². The average molecular weight is 528 g/mol. The molecule has 200 valence electrons.